The number of benzene rings is 1. The molecule has 1 aromatic rings. The Labute approximate surface area is 104 Å². The van der Waals surface area contributed by atoms with Crippen molar-refractivity contribution in [1.82, 2.24) is 0 Å². The Morgan fingerprint density at radius 3 is 2.35 bits per heavy atom. The van der Waals surface area contributed by atoms with Crippen molar-refractivity contribution in [3.8, 4) is 0 Å². The monoisotopic (exact) mass is 230 g/mol. The molecule has 92 valence electrons. The minimum Gasteiger partial charge on any atom is -0.369 e. The molecule has 2 fully saturated rings. The third-order valence-electron chi connectivity index (χ3n) is 4.54. The topological polar surface area (TPSA) is 9.23 Å². The minimum absolute atomic E-state index is 0.350. The number of ether oxygens (including phenoxy) is 1. The molecule has 1 aliphatic heterocycles. The van der Waals surface area contributed by atoms with Crippen LogP contribution in [0.15, 0.2) is 30.3 Å². The van der Waals surface area contributed by atoms with E-state index in [1.807, 2.05) is 0 Å². The van der Waals surface area contributed by atoms with Gasteiger partial charge in [0.1, 0.15) is 0 Å². The first kappa shape index (κ1) is 11.3. The number of hydrogen-bond acceptors (Lipinski definition) is 1. The van der Waals surface area contributed by atoms with Crippen LogP contribution >= 0.6 is 0 Å². The van der Waals surface area contributed by atoms with E-state index in [4.69, 9.17) is 4.74 Å². The maximum atomic E-state index is 6.18. The lowest BCUT2D eigenvalue weighted by molar-refractivity contribution is -0.208. The Morgan fingerprint density at radius 2 is 1.71 bits per heavy atom. The third kappa shape index (κ3) is 2.13. The van der Waals surface area contributed by atoms with Crippen LogP contribution in [0.4, 0.5) is 0 Å². The van der Waals surface area contributed by atoms with Gasteiger partial charge in [-0.15, -0.1) is 0 Å². The van der Waals surface area contributed by atoms with Crippen molar-refractivity contribution in [3.63, 3.8) is 0 Å². The summed E-state index contributed by atoms with van der Waals surface area (Å²) in [7, 11) is 0. The summed E-state index contributed by atoms with van der Waals surface area (Å²) in [6.45, 7) is 2.36. The second-order valence-corrected chi connectivity index (χ2v) is 5.69. The Balaban J connectivity index is 1.63. The fourth-order valence-electron chi connectivity index (χ4n) is 3.53. The van der Waals surface area contributed by atoms with Crippen LogP contribution in [0.3, 0.4) is 0 Å². The number of hydrogen-bond donors (Lipinski definition) is 0. The van der Waals surface area contributed by atoms with Crippen molar-refractivity contribution in [2.45, 2.75) is 51.2 Å². The average molecular weight is 230 g/mol. The molecule has 2 aliphatic rings. The SMILES string of the molecule is C[C@H]1[C@@H](C2CCCCC2)O[C@H]1c1ccccc1. The Bertz CT molecular complexity index is 353. The first-order chi connectivity index (χ1) is 8.36. The molecule has 0 N–H and O–H groups in total. The van der Waals surface area contributed by atoms with E-state index in [9.17, 15) is 0 Å². The van der Waals surface area contributed by atoms with Crippen LogP contribution in [0.1, 0.15) is 50.7 Å². The van der Waals surface area contributed by atoms with Gasteiger partial charge in [-0.1, -0.05) is 56.5 Å². The van der Waals surface area contributed by atoms with Crippen molar-refractivity contribution in [3.05, 3.63) is 35.9 Å². The molecule has 0 bridgehead atoms. The van der Waals surface area contributed by atoms with Crippen molar-refractivity contribution in [2.75, 3.05) is 0 Å². The van der Waals surface area contributed by atoms with Crippen LogP contribution in [0.2, 0.25) is 0 Å². The largest absolute Gasteiger partial charge is 0.369 e. The van der Waals surface area contributed by atoms with E-state index in [1.54, 1.807) is 0 Å². The number of rotatable bonds is 2. The molecule has 0 aromatic heterocycles. The molecular formula is C16H22O. The first-order valence-corrected chi connectivity index (χ1v) is 7.06. The second kappa shape index (κ2) is 4.81. The quantitative estimate of drug-likeness (QED) is 0.734. The van der Waals surface area contributed by atoms with Crippen molar-refractivity contribution in [2.24, 2.45) is 11.8 Å². The highest BCUT2D eigenvalue weighted by atomic mass is 16.5. The summed E-state index contributed by atoms with van der Waals surface area (Å²) < 4.78 is 6.18. The smallest absolute Gasteiger partial charge is 0.0879 e. The lowest BCUT2D eigenvalue weighted by atomic mass is 9.74. The van der Waals surface area contributed by atoms with E-state index in [0.29, 0.717) is 18.1 Å². The minimum atomic E-state index is 0.350. The summed E-state index contributed by atoms with van der Waals surface area (Å²) in [6, 6.07) is 10.7. The van der Waals surface area contributed by atoms with Gasteiger partial charge in [-0.05, 0) is 24.3 Å². The molecule has 1 saturated heterocycles. The standard InChI is InChI=1S/C16H22O/c1-12-15(13-8-4-2-5-9-13)17-16(12)14-10-6-3-7-11-14/h2,4-5,8-9,12,14-16H,3,6-7,10-11H2,1H3/t12-,15-,16+/m1/s1. The highest BCUT2D eigenvalue weighted by molar-refractivity contribution is 5.20. The fourth-order valence-corrected chi connectivity index (χ4v) is 3.53. The van der Waals surface area contributed by atoms with E-state index in [0.717, 1.165) is 5.92 Å². The van der Waals surface area contributed by atoms with Gasteiger partial charge < -0.3 is 4.74 Å². The fraction of sp³-hybridized carbons (Fsp3) is 0.625. The third-order valence-corrected chi connectivity index (χ3v) is 4.54. The molecule has 1 aliphatic carbocycles. The second-order valence-electron chi connectivity index (χ2n) is 5.69. The summed E-state index contributed by atoms with van der Waals surface area (Å²) >= 11 is 0. The van der Waals surface area contributed by atoms with Gasteiger partial charge in [0, 0.05) is 5.92 Å². The van der Waals surface area contributed by atoms with E-state index >= 15 is 0 Å². The van der Waals surface area contributed by atoms with Crippen molar-refractivity contribution < 1.29 is 4.74 Å². The van der Waals surface area contributed by atoms with Crippen LogP contribution in [0.5, 0.6) is 0 Å². The van der Waals surface area contributed by atoms with Crippen LogP contribution in [0.25, 0.3) is 0 Å². The molecule has 0 unspecified atom stereocenters. The van der Waals surface area contributed by atoms with Gasteiger partial charge >= 0.3 is 0 Å². The molecule has 1 aromatic carbocycles. The van der Waals surface area contributed by atoms with Gasteiger partial charge in [-0.3, -0.25) is 0 Å². The van der Waals surface area contributed by atoms with Crippen LogP contribution < -0.4 is 0 Å². The van der Waals surface area contributed by atoms with E-state index < -0.39 is 0 Å². The molecule has 3 rings (SSSR count). The maximum absolute atomic E-state index is 6.18. The predicted molar refractivity (Wildman–Crippen MR) is 69.8 cm³/mol. The van der Waals surface area contributed by atoms with Gasteiger partial charge in [0.2, 0.25) is 0 Å². The van der Waals surface area contributed by atoms with Gasteiger partial charge in [0.25, 0.3) is 0 Å². The highest BCUT2D eigenvalue weighted by Crippen LogP contribution is 2.47. The lowest BCUT2D eigenvalue weighted by Gasteiger charge is -2.48. The van der Waals surface area contributed by atoms with Gasteiger partial charge in [-0.2, -0.15) is 0 Å². The summed E-state index contributed by atoms with van der Waals surface area (Å²) in [4.78, 5) is 0. The Kier molecular flexibility index (Phi) is 3.19. The van der Waals surface area contributed by atoms with Gasteiger partial charge in [0.15, 0.2) is 0 Å². The highest BCUT2D eigenvalue weighted by Gasteiger charge is 2.43. The lowest BCUT2D eigenvalue weighted by Crippen LogP contribution is -2.46. The Hall–Kier alpha value is -0.820. The molecule has 0 spiro atoms. The predicted octanol–water partition coefficient (Wildman–Crippen LogP) is 4.34. The molecule has 17 heavy (non-hydrogen) atoms. The summed E-state index contributed by atoms with van der Waals surface area (Å²) in [5, 5.41) is 0. The van der Waals surface area contributed by atoms with Crippen LogP contribution in [-0.4, -0.2) is 6.10 Å². The average Bonchev–Trinajstić information content (AvgIpc) is 2.40. The summed E-state index contributed by atoms with van der Waals surface area (Å²) in [5.41, 5.74) is 1.35. The normalized spacial score (nSPS) is 34.3. The van der Waals surface area contributed by atoms with Crippen LogP contribution in [0, 0.1) is 11.8 Å². The molecule has 1 nitrogen and oxygen atoms in total. The van der Waals surface area contributed by atoms with Crippen molar-refractivity contribution >= 4 is 0 Å². The van der Waals surface area contributed by atoms with Crippen LogP contribution in [-0.2, 0) is 4.74 Å². The van der Waals surface area contributed by atoms with E-state index in [2.05, 4.69) is 37.3 Å². The zero-order valence-electron chi connectivity index (χ0n) is 10.6. The van der Waals surface area contributed by atoms with E-state index in [1.165, 1.54) is 37.7 Å². The van der Waals surface area contributed by atoms with Crippen molar-refractivity contribution in [1.29, 1.82) is 0 Å². The molecule has 0 radical (unpaired) electrons. The molecule has 1 heteroatoms. The molecule has 0 amide bonds. The molecule has 3 atom stereocenters. The molecule has 1 heterocycles. The van der Waals surface area contributed by atoms with Gasteiger partial charge in [0.05, 0.1) is 12.2 Å². The Morgan fingerprint density at radius 1 is 1.00 bits per heavy atom. The summed E-state index contributed by atoms with van der Waals surface area (Å²) in [5.74, 6) is 1.53. The molecule has 1 saturated carbocycles. The zero-order valence-corrected chi connectivity index (χ0v) is 10.6. The van der Waals surface area contributed by atoms with E-state index in [-0.39, 0.29) is 0 Å². The van der Waals surface area contributed by atoms with Gasteiger partial charge in [-0.25, -0.2) is 0 Å². The zero-order chi connectivity index (χ0) is 11.7. The molecular weight excluding hydrogens is 208 g/mol. The summed E-state index contributed by atoms with van der Waals surface area (Å²) in [6.07, 6.45) is 7.90. The maximum Gasteiger partial charge on any atom is 0.0879 e. The first-order valence-electron chi connectivity index (χ1n) is 7.06.